The second-order valence-corrected chi connectivity index (χ2v) is 9.08. The Labute approximate surface area is 218 Å². The standard InChI is InChI=1S/C29H25FN2O4S/c1-35-24-16-9-17-25(36-2)26(24)28(33)31-20-12-8-13-21(18-20)37-27(19-10-4-3-5-11-19)29(34)32-23-15-7-6-14-22(23)30/h3-18,27H,1-2H3,(H,31,33)(H,32,34). The molecule has 1 unspecified atom stereocenters. The van der Waals surface area contributed by atoms with Gasteiger partial charge < -0.3 is 20.1 Å². The van der Waals surface area contributed by atoms with Crippen LogP contribution in [0, 0.1) is 5.82 Å². The van der Waals surface area contributed by atoms with E-state index in [1.165, 1.54) is 38.1 Å². The van der Waals surface area contributed by atoms with Crippen LogP contribution in [0.15, 0.2) is 102 Å². The zero-order valence-electron chi connectivity index (χ0n) is 20.2. The predicted octanol–water partition coefficient (Wildman–Crippen LogP) is 6.57. The van der Waals surface area contributed by atoms with Crippen LogP contribution in [0.1, 0.15) is 21.2 Å². The molecule has 4 rings (SSSR count). The number of para-hydroxylation sites is 1. The number of carbonyl (C=O) groups is 2. The first-order valence-corrected chi connectivity index (χ1v) is 12.3. The van der Waals surface area contributed by atoms with Gasteiger partial charge in [-0.25, -0.2) is 4.39 Å². The molecule has 4 aromatic rings. The molecule has 37 heavy (non-hydrogen) atoms. The van der Waals surface area contributed by atoms with Crippen LogP contribution < -0.4 is 20.1 Å². The smallest absolute Gasteiger partial charge is 0.263 e. The molecule has 188 valence electrons. The average Bonchev–Trinajstić information content (AvgIpc) is 2.93. The third-order valence-corrected chi connectivity index (χ3v) is 6.72. The van der Waals surface area contributed by atoms with Crippen molar-refractivity contribution in [1.82, 2.24) is 0 Å². The van der Waals surface area contributed by atoms with Crippen molar-refractivity contribution in [2.24, 2.45) is 0 Å². The Morgan fingerprint density at radius 3 is 2.11 bits per heavy atom. The summed E-state index contributed by atoms with van der Waals surface area (Å²) in [6, 6.07) is 27.5. The maximum atomic E-state index is 14.2. The van der Waals surface area contributed by atoms with Gasteiger partial charge in [0.2, 0.25) is 5.91 Å². The van der Waals surface area contributed by atoms with Crippen molar-refractivity contribution < 1.29 is 23.5 Å². The molecule has 0 aliphatic heterocycles. The van der Waals surface area contributed by atoms with Gasteiger partial charge in [0.1, 0.15) is 28.1 Å². The van der Waals surface area contributed by atoms with E-state index in [0.29, 0.717) is 17.2 Å². The molecule has 0 bridgehead atoms. The SMILES string of the molecule is COc1cccc(OC)c1C(=O)Nc1cccc(SC(C(=O)Nc2ccccc2F)c2ccccc2)c1. The van der Waals surface area contributed by atoms with Crippen molar-refractivity contribution in [3.63, 3.8) is 0 Å². The first-order valence-electron chi connectivity index (χ1n) is 11.4. The fourth-order valence-corrected chi connectivity index (χ4v) is 4.80. The van der Waals surface area contributed by atoms with E-state index in [9.17, 15) is 14.0 Å². The van der Waals surface area contributed by atoms with Crippen molar-refractivity contribution >= 4 is 35.0 Å². The molecule has 0 aromatic heterocycles. The van der Waals surface area contributed by atoms with Gasteiger partial charge in [0.05, 0.1) is 19.9 Å². The first kappa shape index (κ1) is 25.8. The zero-order valence-corrected chi connectivity index (χ0v) is 21.1. The van der Waals surface area contributed by atoms with Crippen LogP contribution in [-0.4, -0.2) is 26.0 Å². The van der Waals surface area contributed by atoms with Crippen molar-refractivity contribution in [3.8, 4) is 11.5 Å². The van der Waals surface area contributed by atoms with Crippen LogP contribution in [0.3, 0.4) is 0 Å². The third-order valence-electron chi connectivity index (χ3n) is 5.47. The van der Waals surface area contributed by atoms with Gasteiger partial charge in [0, 0.05) is 10.6 Å². The molecule has 2 N–H and O–H groups in total. The zero-order chi connectivity index (χ0) is 26.2. The highest BCUT2D eigenvalue weighted by Gasteiger charge is 2.24. The predicted molar refractivity (Wildman–Crippen MR) is 144 cm³/mol. The number of thioether (sulfide) groups is 1. The summed E-state index contributed by atoms with van der Waals surface area (Å²) in [5, 5.41) is 4.90. The molecule has 8 heteroatoms. The minimum Gasteiger partial charge on any atom is -0.496 e. The summed E-state index contributed by atoms with van der Waals surface area (Å²) in [6.07, 6.45) is 0. The van der Waals surface area contributed by atoms with Gasteiger partial charge in [-0.15, -0.1) is 11.8 Å². The van der Waals surface area contributed by atoms with Crippen LogP contribution >= 0.6 is 11.8 Å². The number of rotatable bonds is 9. The number of ether oxygens (including phenoxy) is 2. The molecule has 0 fully saturated rings. The summed E-state index contributed by atoms with van der Waals surface area (Å²) in [7, 11) is 2.97. The van der Waals surface area contributed by atoms with E-state index in [2.05, 4.69) is 10.6 Å². The lowest BCUT2D eigenvalue weighted by molar-refractivity contribution is -0.115. The number of carbonyl (C=O) groups excluding carboxylic acids is 2. The van der Waals surface area contributed by atoms with Gasteiger partial charge in [-0.2, -0.15) is 0 Å². The number of hydrogen-bond acceptors (Lipinski definition) is 5. The van der Waals surface area contributed by atoms with E-state index in [1.54, 1.807) is 48.5 Å². The first-order chi connectivity index (χ1) is 18.0. The number of halogens is 1. The topological polar surface area (TPSA) is 76.7 Å². The quantitative estimate of drug-likeness (QED) is 0.246. The highest BCUT2D eigenvalue weighted by Crippen LogP contribution is 2.38. The Morgan fingerprint density at radius 2 is 1.43 bits per heavy atom. The molecule has 0 spiro atoms. The maximum Gasteiger partial charge on any atom is 0.263 e. The second-order valence-electron chi connectivity index (χ2n) is 7.90. The number of methoxy groups -OCH3 is 2. The Morgan fingerprint density at radius 1 is 0.784 bits per heavy atom. The van der Waals surface area contributed by atoms with Gasteiger partial charge in [-0.05, 0) is 48.0 Å². The molecular formula is C29H25FN2O4S. The molecule has 0 radical (unpaired) electrons. The van der Waals surface area contributed by atoms with Crippen molar-refractivity contribution in [3.05, 3.63) is 114 Å². The average molecular weight is 517 g/mol. The summed E-state index contributed by atoms with van der Waals surface area (Å²) in [4.78, 5) is 27.1. The number of amides is 2. The van der Waals surface area contributed by atoms with Gasteiger partial charge in [-0.3, -0.25) is 9.59 Å². The van der Waals surface area contributed by atoms with Crippen molar-refractivity contribution in [1.29, 1.82) is 0 Å². The van der Waals surface area contributed by atoms with E-state index in [4.69, 9.17) is 9.47 Å². The van der Waals surface area contributed by atoms with E-state index in [0.717, 1.165) is 10.5 Å². The number of anilines is 2. The highest BCUT2D eigenvalue weighted by molar-refractivity contribution is 8.00. The van der Waals surface area contributed by atoms with Gasteiger partial charge in [0.15, 0.2) is 0 Å². The van der Waals surface area contributed by atoms with E-state index < -0.39 is 17.0 Å². The van der Waals surface area contributed by atoms with Crippen LogP contribution in [0.2, 0.25) is 0 Å². The molecule has 4 aromatic carbocycles. The molecule has 6 nitrogen and oxygen atoms in total. The van der Waals surface area contributed by atoms with Crippen LogP contribution in [0.4, 0.5) is 15.8 Å². The Hall–Kier alpha value is -4.30. The molecule has 0 saturated heterocycles. The van der Waals surface area contributed by atoms with E-state index in [1.807, 2.05) is 36.4 Å². The summed E-state index contributed by atoms with van der Waals surface area (Å²) < 4.78 is 24.9. The minimum absolute atomic E-state index is 0.112. The third kappa shape index (κ3) is 6.29. The van der Waals surface area contributed by atoms with Gasteiger partial charge in [0.25, 0.3) is 5.91 Å². The normalized spacial score (nSPS) is 11.3. The monoisotopic (exact) mass is 516 g/mol. The highest BCUT2D eigenvalue weighted by atomic mass is 32.2. The largest absolute Gasteiger partial charge is 0.496 e. The Balaban J connectivity index is 1.58. The number of benzene rings is 4. The van der Waals surface area contributed by atoms with Crippen molar-refractivity contribution in [2.45, 2.75) is 10.1 Å². The van der Waals surface area contributed by atoms with E-state index >= 15 is 0 Å². The Kier molecular flexibility index (Phi) is 8.43. The number of nitrogens with one attached hydrogen (secondary N) is 2. The molecule has 0 aliphatic carbocycles. The van der Waals surface area contributed by atoms with Crippen LogP contribution in [-0.2, 0) is 4.79 Å². The van der Waals surface area contributed by atoms with Gasteiger partial charge >= 0.3 is 0 Å². The summed E-state index contributed by atoms with van der Waals surface area (Å²) in [5.74, 6) is -0.500. The minimum atomic E-state index is -0.666. The number of hydrogen-bond donors (Lipinski definition) is 2. The molecular weight excluding hydrogens is 491 g/mol. The summed E-state index contributed by atoms with van der Waals surface area (Å²) in [5.41, 5.74) is 1.68. The van der Waals surface area contributed by atoms with E-state index in [-0.39, 0.29) is 17.2 Å². The summed E-state index contributed by atoms with van der Waals surface area (Å²) >= 11 is 1.29. The van der Waals surface area contributed by atoms with Crippen LogP contribution in [0.5, 0.6) is 11.5 Å². The fraction of sp³-hybridized carbons (Fsp3) is 0.103. The molecule has 0 saturated carbocycles. The Bertz CT molecular complexity index is 1380. The molecule has 0 heterocycles. The molecule has 0 aliphatic rings. The van der Waals surface area contributed by atoms with Gasteiger partial charge in [-0.1, -0.05) is 54.6 Å². The lowest BCUT2D eigenvalue weighted by Crippen LogP contribution is -2.19. The van der Waals surface area contributed by atoms with Crippen LogP contribution in [0.25, 0.3) is 0 Å². The lowest BCUT2D eigenvalue weighted by Gasteiger charge is -2.18. The maximum absolute atomic E-state index is 14.2. The molecule has 1 atom stereocenters. The lowest BCUT2D eigenvalue weighted by atomic mass is 10.1. The second kappa shape index (κ2) is 12.1. The molecule has 2 amide bonds. The summed E-state index contributed by atoms with van der Waals surface area (Å²) in [6.45, 7) is 0. The fourth-order valence-electron chi connectivity index (χ4n) is 3.71. The van der Waals surface area contributed by atoms with Crippen molar-refractivity contribution in [2.75, 3.05) is 24.9 Å².